The number of imide groups is 2. The van der Waals surface area contributed by atoms with Gasteiger partial charge in [0.2, 0.25) is 0 Å². The molecule has 0 atom stereocenters. The van der Waals surface area contributed by atoms with E-state index in [9.17, 15) is 32.3 Å². The third kappa shape index (κ3) is 3.43. The lowest BCUT2D eigenvalue weighted by molar-refractivity contribution is -0.137. The average Bonchev–Trinajstić information content (AvgIpc) is 3.21. The van der Waals surface area contributed by atoms with E-state index >= 15 is 0 Å². The zero-order chi connectivity index (χ0) is 22.5. The molecule has 0 fully saturated rings. The van der Waals surface area contributed by atoms with Gasteiger partial charge in [0, 0.05) is 24.3 Å². The van der Waals surface area contributed by atoms with Gasteiger partial charge < -0.3 is 0 Å². The van der Waals surface area contributed by atoms with E-state index < -0.39 is 35.4 Å². The van der Waals surface area contributed by atoms with Crippen molar-refractivity contribution in [1.29, 1.82) is 0 Å². The lowest BCUT2D eigenvalue weighted by Crippen LogP contribution is -2.30. The van der Waals surface area contributed by atoms with Crippen LogP contribution in [0.2, 0.25) is 0 Å². The Morgan fingerprint density at radius 2 is 1.06 bits per heavy atom. The number of alkyl halides is 3. The highest BCUT2D eigenvalue weighted by Crippen LogP contribution is 2.41. The van der Waals surface area contributed by atoms with Gasteiger partial charge in [-0.25, -0.2) is 9.80 Å². The summed E-state index contributed by atoms with van der Waals surface area (Å²) in [4.78, 5) is 49.0. The van der Waals surface area contributed by atoms with Crippen molar-refractivity contribution in [3.05, 3.63) is 71.8 Å². The van der Waals surface area contributed by atoms with Gasteiger partial charge in [0.1, 0.15) is 0 Å². The number of hydrogen-bond acceptors (Lipinski definition) is 4. The highest BCUT2D eigenvalue weighted by Gasteiger charge is 2.36. The van der Waals surface area contributed by atoms with E-state index in [1.807, 2.05) is 0 Å². The molecule has 2 heterocycles. The second kappa shape index (κ2) is 7.05. The fourth-order valence-electron chi connectivity index (χ4n) is 3.54. The molecular formula is C22H13F3N2O4. The Morgan fingerprint density at radius 1 is 0.645 bits per heavy atom. The summed E-state index contributed by atoms with van der Waals surface area (Å²) in [5, 5.41) is 0. The van der Waals surface area contributed by atoms with Crippen LogP contribution in [0.1, 0.15) is 11.1 Å². The van der Waals surface area contributed by atoms with Crippen molar-refractivity contribution < 1.29 is 32.3 Å². The average molecular weight is 426 g/mol. The molecule has 0 aliphatic carbocycles. The minimum atomic E-state index is -4.76. The molecule has 4 rings (SSSR count). The molecule has 0 unspecified atom stereocenters. The molecule has 2 aromatic carbocycles. The first kappa shape index (κ1) is 20.3. The maximum atomic E-state index is 13.8. The highest BCUT2D eigenvalue weighted by molar-refractivity contribution is 6.28. The zero-order valence-electron chi connectivity index (χ0n) is 15.9. The second-order valence-corrected chi connectivity index (χ2v) is 6.92. The number of hydrogen-bond donors (Lipinski definition) is 0. The van der Waals surface area contributed by atoms with Crippen molar-refractivity contribution in [3.63, 3.8) is 0 Å². The van der Waals surface area contributed by atoms with Gasteiger partial charge in [0.25, 0.3) is 23.6 Å². The molecule has 4 amide bonds. The Balaban J connectivity index is 1.79. The molecule has 0 bridgehead atoms. The van der Waals surface area contributed by atoms with Crippen LogP contribution in [0.4, 0.5) is 24.5 Å². The molecule has 0 radical (unpaired) electrons. The molecule has 0 spiro atoms. The maximum Gasteiger partial charge on any atom is 0.417 e. The van der Waals surface area contributed by atoms with Crippen LogP contribution in [0, 0.1) is 6.92 Å². The monoisotopic (exact) mass is 426 g/mol. The van der Waals surface area contributed by atoms with Crippen LogP contribution < -0.4 is 9.80 Å². The summed E-state index contributed by atoms with van der Waals surface area (Å²) < 4.78 is 41.5. The summed E-state index contributed by atoms with van der Waals surface area (Å²) in [7, 11) is 0. The minimum absolute atomic E-state index is 0.162. The lowest BCUT2D eigenvalue weighted by Gasteiger charge is -2.21. The van der Waals surface area contributed by atoms with E-state index in [1.165, 1.54) is 30.3 Å². The summed E-state index contributed by atoms with van der Waals surface area (Å²) in [6, 6.07) is 7.43. The number of anilines is 2. The summed E-state index contributed by atoms with van der Waals surface area (Å²) in [5.41, 5.74) is -0.506. The molecule has 0 saturated heterocycles. The molecule has 6 nitrogen and oxygen atoms in total. The van der Waals surface area contributed by atoms with Gasteiger partial charge in [-0.1, -0.05) is 12.1 Å². The topological polar surface area (TPSA) is 74.8 Å². The second-order valence-electron chi connectivity index (χ2n) is 6.92. The number of aryl methyl sites for hydroxylation is 1. The molecule has 0 aromatic heterocycles. The lowest BCUT2D eigenvalue weighted by atomic mass is 9.94. The van der Waals surface area contributed by atoms with Gasteiger partial charge in [-0.3, -0.25) is 19.2 Å². The quantitative estimate of drug-likeness (QED) is 0.704. The number of carbonyl (C=O) groups is 4. The van der Waals surface area contributed by atoms with Gasteiger partial charge in [0.15, 0.2) is 0 Å². The Labute approximate surface area is 173 Å². The first-order chi connectivity index (χ1) is 14.6. The SMILES string of the molecule is Cc1cc(N2C(=O)C=CC2=O)ccc1-c1ccc(N2C(=O)C=CC2=O)cc1C(F)(F)F. The number of amides is 4. The van der Waals surface area contributed by atoms with E-state index in [0.717, 1.165) is 35.3 Å². The third-order valence-corrected chi connectivity index (χ3v) is 4.94. The van der Waals surface area contributed by atoms with Crippen LogP contribution in [-0.4, -0.2) is 23.6 Å². The Kier molecular flexibility index (Phi) is 4.61. The molecule has 0 N–H and O–H groups in total. The van der Waals surface area contributed by atoms with E-state index in [2.05, 4.69) is 0 Å². The molecule has 9 heteroatoms. The fraction of sp³-hybridized carbons (Fsp3) is 0.0909. The Morgan fingerprint density at radius 3 is 1.48 bits per heavy atom. The van der Waals surface area contributed by atoms with Gasteiger partial charge in [-0.05, 0) is 47.9 Å². The summed E-state index contributed by atoms with van der Waals surface area (Å²) in [6.45, 7) is 1.56. The standard InChI is InChI=1S/C22H13F3N2O4/c1-12-10-13(26-18(28)6-7-19(26)29)2-4-15(12)16-5-3-14(11-17(16)22(23,24)25)27-20(30)8-9-21(27)31/h2-11H,1H3. The normalized spacial score (nSPS) is 16.3. The minimum Gasteiger partial charge on any atom is -0.269 e. The van der Waals surface area contributed by atoms with Crippen molar-refractivity contribution >= 4 is 35.0 Å². The van der Waals surface area contributed by atoms with Crippen LogP contribution >= 0.6 is 0 Å². The van der Waals surface area contributed by atoms with Crippen LogP contribution in [0.25, 0.3) is 11.1 Å². The highest BCUT2D eigenvalue weighted by atomic mass is 19.4. The zero-order valence-corrected chi connectivity index (χ0v) is 15.9. The molecule has 156 valence electrons. The molecule has 2 aliphatic heterocycles. The number of benzene rings is 2. The van der Waals surface area contributed by atoms with Crippen molar-refractivity contribution in [1.82, 2.24) is 0 Å². The fourth-order valence-corrected chi connectivity index (χ4v) is 3.54. The molecule has 2 aliphatic rings. The predicted octanol–water partition coefficient (Wildman–Crippen LogP) is 3.54. The smallest absolute Gasteiger partial charge is 0.269 e. The number of halogens is 3. The molecule has 2 aromatic rings. The maximum absolute atomic E-state index is 13.8. The largest absolute Gasteiger partial charge is 0.417 e. The first-order valence-electron chi connectivity index (χ1n) is 9.02. The van der Waals surface area contributed by atoms with Crippen molar-refractivity contribution in [2.75, 3.05) is 9.80 Å². The van der Waals surface area contributed by atoms with E-state index in [1.54, 1.807) is 6.92 Å². The van der Waals surface area contributed by atoms with Gasteiger partial charge in [-0.2, -0.15) is 13.2 Å². The van der Waals surface area contributed by atoms with Crippen molar-refractivity contribution in [2.45, 2.75) is 13.1 Å². The first-order valence-corrected chi connectivity index (χ1v) is 9.02. The van der Waals surface area contributed by atoms with E-state index in [0.29, 0.717) is 10.5 Å². The van der Waals surface area contributed by atoms with Crippen LogP contribution in [0.15, 0.2) is 60.7 Å². The summed E-state index contributed by atoms with van der Waals surface area (Å²) >= 11 is 0. The van der Waals surface area contributed by atoms with Crippen molar-refractivity contribution in [3.8, 4) is 11.1 Å². The van der Waals surface area contributed by atoms with Crippen LogP contribution in [-0.2, 0) is 25.4 Å². The van der Waals surface area contributed by atoms with Gasteiger partial charge >= 0.3 is 6.18 Å². The number of rotatable bonds is 3. The number of carbonyl (C=O) groups excluding carboxylic acids is 4. The molecule has 31 heavy (non-hydrogen) atoms. The van der Waals surface area contributed by atoms with E-state index in [4.69, 9.17) is 0 Å². The summed E-state index contributed by atoms with van der Waals surface area (Å²) in [5.74, 6) is -2.52. The third-order valence-electron chi connectivity index (χ3n) is 4.94. The van der Waals surface area contributed by atoms with Gasteiger partial charge in [-0.15, -0.1) is 0 Å². The summed E-state index contributed by atoms with van der Waals surface area (Å²) in [6.07, 6.45) is -0.561. The number of nitrogens with zero attached hydrogens (tertiary/aromatic N) is 2. The van der Waals surface area contributed by atoms with E-state index in [-0.39, 0.29) is 22.5 Å². The van der Waals surface area contributed by atoms with Gasteiger partial charge in [0.05, 0.1) is 16.9 Å². The van der Waals surface area contributed by atoms with Crippen LogP contribution in [0.3, 0.4) is 0 Å². The van der Waals surface area contributed by atoms with Crippen LogP contribution in [0.5, 0.6) is 0 Å². The molecular weight excluding hydrogens is 413 g/mol. The van der Waals surface area contributed by atoms with Crippen molar-refractivity contribution in [2.24, 2.45) is 0 Å². The Hall–Kier alpha value is -4.01. The Bertz CT molecular complexity index is 1190. The molecule has 0 saturated carbocycles. The predicted molar refractivity (Wildman–Crippen MR) is 105 cm³/mol.